The topological polar surface area (TPSA) is 99.1 Å². The van der Waals surface area contributed by atoms with Crippen LogP contribution in [0.3, 0.4) is 0 Å². The van der Waals surface area contributed by atoms with Gasteiger partial charge in [0.1, 0.15) is 0 Å². The van der Waals surface area contributed by atoms with Gasteiger partial charge in [0.25, 0.3) is 10.1 Å². The van der Waals surface area contributed by atoms with Crippen molar-refractivity contribution in [1.29, 1.82) is 0 Å². The zero-order chi connectivity index (χ0) is 17.8. The average molecular weight is 358 g/mol. The van der Waals surface area contributed by atoms with Gasteiger partial charge in [0, 0.05) is 6.08 Å². The first-order valence-corrected chi connectivity index (χ1v) is 8.84. The van der Waals surface area contributed by atoms with Crippen LogP contribution in [0, 0.1) is 6.92 Å². The molecule has 0 spiro atoms. The molecule has 0 aromatic heterocycles. The predicted molar refractivity (Wildman–Crippen MR) is 87.3 cm³/mol. The predicted octanol–water partition coefficient (Wildman–Crippen LogP) is 1.76. The maximum absolute atomic E-state index is 11.9. The zero-order valence-electron chi connectivity index (χ0n) is 13.5. The summed E-state index contributed by atoms with van der Waals surface area (Å²) < 4.78 is 39.0. The van der Waals surface area contributed by atoms with Crippen LogP contribution in [-0.2, 0) is 28.6 Å². The smallest absolute Gasteiger partial charge is 0.327 e. The molecule has 0 amide bonds. The third-order valence-corrected chi connectivity index (χ3v) is 4.16. The van der Waals surface area contributed by atoms with E-state index in [1.54, 1.807) is 12.1 Å². The molecule has 0 fully saturated rings. The maximum Gasteiger partial charge on any atom is 0.327 e. The fourth-order valence-corrected chi connectivity index (χ4v) is 2.53. The largest absolute Gasteiger partial charge is 0.478 e. The van der Waals surface area contributed by atoms with E-state index in [0.717, 1.165) is 11.6 Å². The lowest BCUT2D eigenvalue weighted by molar-refractivity contribution is -0.131. The number of hydrogen-bond acceptors (Lipinski definition) is 6. The summed E-state index contributed by atoms with van der Waals surface area (Å²) in [6, 6.07) is 6.40. The Bertz CT molecular complexity index is 620. The van der Waals surface area contributed by atoms with Crippen LogP contribution in [0.25, 0.3) is 0 Å². The van der Waals surface area contributed by atoms with Crippen LogP contribution in [0.2, 0.25) is 0 Å². The summed E-state index contributed by atoms with van der Waals surface area (Å²) in [5.74, 6) is -0.987. The second kappa shape index (κ2) is 10.9. The van der Waals surface area contributed by atoms with E-state index in [9.17, 15) is 13.2 Å². The molecule has 0 radical (unpaired) electrons. The van der Waals surface area contributed by atoms with Crippen LogP contribution in [0.15, 0.2) is 41.3 Å². The lowest BCUT2D eigenvalue weighted by Crippen LogP contribution is -2.13. The second-order valence-corrected chi connectivity index (χ2v) is 6.46. The van der Waals surface area contributed by atoms with Crippen molar-refractivity contribution in [2.45, 2.75) is 18.2 Å². The van der Waals surface area contributed by atoms with Crippen molar-refractivity contribution in [2.75, 3.05) is 33.0 Å². The van der Waals surface area contributed by atoms with Crippen LogP contribution < -0.4 is 0 Å². The van der Waals surface area contributed by atoms with Crippen molar-refractivity contribution < 1.29 is 32.0 Å². The van der Waals surface area contributed by atoms with E-state index in [0.29, 0.717) is 26.2 Å². The molecule has 1 rings (SSSR count). The molecule has 0 bridgehead atoms. The first-order chi connectivity index (χ1) is 11.4. The van der Waals surface area contributed by atoms with E-state index in [4.69, 9.17) is 18.8 Å². The molecule has 1 aromatic carbocycles. The molecular formula is C16H22O7S. The lowest BCUT2D eigenvalue weighted by atomic mass is 10.2. The summed E-state index contributed by atoms with van der Waals surface area (Å²) in [5.41, 5.74) is 0.968. The molecule has 0 heterocycles. The Kier molecular flexibility index (Phi) is 9.24. The first-order valence-electron chi connectivity index (χ1n) is 7.43. The van der Waals surface area contributed by atoms with Crippen molar-refractivity contribution in [3.05, 3.63) is 42.0 Å². The van der Waals surface area contributed by atoms with Gasteiger partial charge in [-0.05, 0) is 25.5 Å². The lowest BCUT2D eigenvalue weighted by Gasteiger charge is -2.07. The van der Waals surface area contributed by atoms with E-state index in [1.807, 2.05) is 6.92 Å². The van der Waals surface area contributed by atoms with Crippen molar-refractivity contribution in [3.8, 4) is 0 Å². The van der Waals surface area contributed by atoms with Gasteiger partial charge in [-0.1, -0.05) is 23.8 Å². The van der Waals surface area contributed by atoms with Gasteiger partial charge in [0.2, 0.25) is 0 Å². The molecule has 0 aliphatic heterocycles. The van der Waals surface area contributed by atoms with Crippen molar-refractivity contribution in [3.63, 3.8) is 0 Å². The third kappa shape index (κ3) is 8.78. The first kappa shape index (κ1) is 20.3. The fourth-order valence-electron chi connectivity index (χ4n) is 1.63. The molecule has 0 aliphatic rings. The summed E-state index contributed by atoms with van der Waals surface area (Å²) >= 11 is 0. The Morgan fingerprint density at radius 2 is 1.62 bits per heavy atom. The van der Waals surface area contributed by atoms with Crippen LogP contribution in [0.4, 0.5) is 0 Å². The van der Waals surface area contributed by atoms with Gasteiger partial charge >= 0.3 is 5.97 Å². The molecule has 0 aliphatic carbocycles. The zero-order valence-corrected chi connectivity index (χ0v) is 14.3. The molecule has 0 atom stereocenters. The van der Waals surface area contributed by atoms with Gasteiger partial charge < -0.3 is 14.6 Å². The van der Waals surface area contributed by atoms with Crippen LogP contribution in [0.1, 0.15) is 12.0 Å². The molecule has 24 heavy (non-hydrogen) atoms. The highest BCUT2D eigenvalue weighted by Crippen LogP contribution is 2.12. The van der Waals surface area contributed by atoms with Gasteiger partial charge in [0.15, 0.2) is 0 Å². The molecule has 0 unspecified atom stereocenters. The fraction of sp³-hybridized carbons (Fsp3) is 0.438. The summed E-state index contributed by atoms with van der Waals surface area (Å²) in [6.45, 7) is 2.97. The van der Waals surface area contributed by atoms with Gasteiger partial charge in [-0.25, -0.2) is 4.79 Å². The van der Waals surface area contributed by atoms with Crippen LogP contribution in [-0.4, -0.2) is 52.5 Å². The average Bonchev–Trinajstić information content (AvgIpc) is 2.52. The number of carboxylic acids is 1. The SMILES string of the molecule is Cc1ccc(S(=O)(=O)OCCOCCOCC/C=C/C(=O)O)cc1. The highest BCUT2D eigenvalue weighted by molar-refractivity contribution is 7.86. The number of carboxylic acid groups (broad SMARTS) is 1. The molecule has 0 saturated heterocycles. The van der Waals surface area contributed by atoms with Crippen molar-refractivity contribution in [2.24, 2.45) is 0 Å². The Balaban J connectivity index is 2.07. The molecule has 134 valence electrons. The Labute approximate surface area is 142 Å². The van der Waals surface area contributed by atoms with E-state index >= 15 is 0 Å². The van der Waals surface area contributed by atoms with Crippen LogP contribution in [0.5, 0.6) is 0 Å². The number of aryl methyl sites for hydroxylation is 1. The van der Waals surface area contributed by atoms with Gasteiger partial charge in [0.05, 0.1) is 37.9 Å². The molecule has 7 nitrogen and oxygen atoms in total. The van der Waals surface area contributed by atoms with Crippen LogP contribution >= 0.6 is 0 Å². The van der Waals surface area contributed by atoms with Gasteiger partial charge in [-0.15, -0.1) is 0 Å². The minimum Gasteiger partial charge on any atom is -0.478 e. The monoisotopic (exact) mass is 358 g/mol. The molecule has 1 aromatic rings. The summed E-state index contributed by atoms with van der Waals surface area (Å²) in [6.07, 6.45) is 3.07. The van der Waals surface area contributed by atoms with Crippen molar-refractivity contribution >= 4 is 16.1 Å². The molecule has 1 N–H and O–H groups in total. The summed E-state index contributed by atoms with van der Waals surface area (Å²) in [4.78, 5) is 10.3. The summed E-state index contributed by atoms with van der Waals surface area (Å²) in [7, 11) is -3.76. The second-order valence-electron chi connectivity index (χ2n) is 4.84. The normalized spacial score (nSPS) is 11.9. The number of rotatable bonds is 12. The van der Waals surface area contributed by atoms with Gasteiger partial charge in [-0.3, -0.25) is 4.18 Å². The van der Waals surface area contributed by atoms with Gasteiger partial charge in [-0.2, -0.15) is 8.42 Å². The number of aliphatic carboxylic acids is 1. The van der Waals surface area contributed by atoms with Crippen molar-refractivity contribution in [1.82, 2.24) is 0 Å². The highest BCUT2D eigenvalue weighted by atomic mass is 32.2. The third-order valence-electron chi connectivity index (χ3n) is 2.84. The van der Waals surface area contributed by atoms with E-state index in [-0.39, 0.29) is 18.1 Å². The number of benzene rings is 1. The minimum atomic E-state index is -3.76. The molecular weight excluding hydrogens is 336 g/mol. The minimum absolute atomic E-state index is 0.0719. The Hall–Kier alpha value is -1.74. The Morgan fingerprint density at radius 1 is 1.04 bits per heavy atom. The maximum atomic E-state index is 11.9. The summed E-state index contributed by atoms with van der Waals surface area (Å²) in [5, 5.41) is 8.38. The quantitative estimate of drug-likeness (QED) is 0.345. The van der Waals surface area contributed by atoms with E-state index in [1.165, 1.54) is 18.2 Å². The van der Waals surface area contributed by atoms with E-state index in [2.05, 4.69) is 0 Å². The standard InChI is InChI=1S/C16H22O7S/c1-14-5-7-15(8-6-14)24(19,20)23-13-12-22-11-10-21-9-3-2-4-16(17)18/h2,4-8H,3,9-13H2,1H3,(H,17,18)/b4-2+. The Morgan fingerprint density at radius 3 is 2.25 bits per heavy atom. The molecule has 0 saturated carbocycles. The number of carbonyl (C=O) groups is 1. The number of ether oxygens (including phenoxy) is 2. The highest BCUT2D eigenvalue weighted by Gasteiger charge is 2.14. The number of hydrogen-bond donors (Lipinski definition) is 1. The van der Waals surface area contributed by atoms with E-state index < -0.39 is 16.1 Å². The molecule has 8 heteroatoms.